The number of likely N-dealkylation sites (tertiary alicyclic amines) is 1. The molecule has 0 bridgehead atoms. The summed E-state index contributed by atoms with van der Waals surface area (Å²) in [4.78, 5) is 32.6. The second-order valence-corrected chi connectivity index (χ2v) is 10.6. The Kier molecular flexibility index (Phi) is 11.4. The molecule has 6 rings (SSSR count). The van der Waals surface area contributed by atoms with Crippen LogP contribution >= 0.6 is 24.8 Å². The van der Waals surface area contributed by atoms with Crippen LogP contribution in [0.25, 0.3) is 11.0 Å². The molecule has 4 aromatic rings. The number of rotatable bonds is 8. The molecular weight excluding hydrogens is 643 g/mol. The molecule has 1 unspecified atom stereocenters. The quantitative estimate of drug-likeness (QED) is 0.203. The largest absolute Gasteiger partial charge is 0.476 e. The van der Waals surface area contributed by atoms with Crippen molar-refractivity contribution in [2.75, 3.05) is 31.6 Å². The van der Waals surface area contributed by atoms with Gasteiger partial charge in [-0.25, -0.2) is 18.6 Å². The lowest BCUT2D eigenvalue weighted by atomic mass is 9.97. The minimum atomic E-state index is -0.823. The van der Waals surface area contributed by atoms with E-state index in [1.165, 1.54) is 48.8 Å². The number of hydrogen-bond acceptors (Lipinski definition) is 8. The third-order valence-electron chi connectivity index (χ3n) is 7.81. The van der Waals surface area contributed by atoms with Gasteiger partial charge in [0.1, 0.15) is 17.0 Å². The summed E-state index contributed by atoms with van der Waals surface area (Å²) >= 11 is 0. The topological polar surface area (TPSA) is 125 Å². The Labute approximate surface area is 276 Å². The Bertz CT molecular complexity index is 1700. The van der Waals surface area contributed by atoms with Crippen LogP contribution in [0.2, 0.25) is 0 Å². The van der Waals surface area contributed by atoms with E-state index in [-0.39, 0.29) is 36.3 Å². The fourth-order valence-electron chi connectivity index (χ4n) is 5.29. The van der Waals surface area contributed by atoms with Crippen molar-refractivity contribution < 1.29 is 27.8 Å². The van der Waals surface area contributed by atoms with Crippen LogP contribution in [0.15, 0.2) is 67.0 Å². The maximum Gasteiger partial charge on any atom is 0.347 e. The molecule has 0 aliphatic carbocycles. The monoisotopic (exact) mass is 675 g/mol. The molecule has 0 spiro atoms. The van der Waals surface area contributed by atoms with Gasteiger partial charge in [0.15, 0.2) is 17.2 Å². The molecule has 4 heterocycles. The van der Waals surface area contributed by atoms with E-state index < -0.39 is 29.5 Å². The number of piperidine rings is 1. The molecule has 11 nitrogen and oxygen atoms in total. The maximum absolute atomic E-state index is 15.2. The van der Waals surface area contributed by atoms with Gasteiger partial charge in [0.2, 0.25) is 5.88 Å². The normalized spacial score (nSPS) is 16.7. The molecule has 15 heteroatoms. The number of nitrogens with one attached hydrogen (secondary N) is 3. The van der Waals surface area contributed by atoms with Gasteiger partial charge in [-0.3, -0.25) is 15.3 Å². The predicted octanol–water partition coefficient (Wildman–Crippen LogP) is 6.16. The Balaban J connectivity index is 0.00000240. The zero-order valence-electron chi connectivity index (χ0n) is 24.7. The number of pyridine rings is 1. The minimum absolute atomic E-state index is 0. The molecule has 0 saturated carbocycles. The van der Waals surface area contributed by atoms with E-state index in [4.69, 9.17) is 9.47 Å². The van der Waals surface area contributed by atoms with E-state index in [1.54, 1.807) is 12.1 Å². The molecule has 2 aliphatic heterocycles. The summed E-state index contributed by atoms with van der Waals surface area (Å²) in [6.45, 7) is 5.78. The van der Waals surface area contributed by atoms with Gasteiger partial charge in [-0.1, -0.05) is 19.1 Å². The minimum Gasteiger partial charge on any atom is -0.476 e. The van der Waals surface area contributed by atoms with Gasteiger partial charge in [0.05, 0.1) is 12.5 Å². The summed E-state index contributed by atoms with van der Waals surface area (Å²) in [5.74, 6) is -1.61. The van der Waals surface area contributed by atoms with Crippen LogP contribution in [0, 0.1) is 17.6 Å². The number of imide groups is 1. The number of hydrogen-bond donors (Lipinski definition) is 3. The lowest BCUT2D eigenvalue weighted by Gasteiger charge is -2.30. The highest BCUT2D eigenvalue weighted by atomic mass is 35.5. The zero-order valence-corrected chi connectivity index (χ0v) is 26.4. The summed E-state index contributed by atoms with van der Waals surface area (Å²) in [5.41, 5.74) is 3.65. The zero-order chi connectivity index (χ0) is 30.6. The van der Waals surface area contributed by atoms with Crippen molar-refractivity contribution in [2.24, 2.45) is 5.92 Å². The molecule has 244 valence electrons. The van der Waals surface area contributed by atoms with Crippen molar-refractivity contribution >= 4 is 53.5 Å². The predicted molar refractivity (Wildman–Crippen MR) is 172 cm³/mol. The van der Waals surface area contributed by atoms with E-state index in [1.807, 2.05) is 0 Å². The molecule has 3 N–H and O–H groups in total. The fourth-order valence-corrected chi connectivity index (χ4v) is 5.29. The maximum atomic E-state index is 15.2. The van der Waals surface area contributed by atoms with Gasteiger partial charge in [-0.2, -0.15) is 5.01 Å². The Hall–Kier alpha value is -4.46. The van der Waals surface area contributed by atoms with Crippen LogP contribution in [-0.4, -0.2) is 63.3 Å². The second kappa shape index (κ2) is 15.2. The number of halogens is 4. The van der Waals surface area contributed by atoms with Crippen molar-refractivity contribution in [2.45, 2.75) is 25.7 Å². The molecule has 1 atom stereocenters. The Morgan fingerprint density at radius 1 is 1.07 bits per heavy atom. The number of fused-ring (bicyclic) bond motifs is 1. The Morgan fingerprint density at radius 3 is 2.54 bits per heavy atom. The first kappa shape index (κ1) is 34.4. The van der Waals surface area contributed by atoms with Crippen LogP contribution in [0.5, 0.6) is 17.4 Å². The molecule has 0 radical (unpaired) electrons. The fraction of sp³-hybridized carbons (Fsp3) is 0.290. The molecule has 1 saturated heterocycles. The highest BCUT2D eigenvalue weighted by Gasteiger charge is 2.31. The van der Waals surface area contributed by atoms with Gasteiger partial charge < -0.3 is 19.7 Å². The molecular formula is C31H33Cl2F2N7O4. The molecule has 46 heavy (non-hydrogen) atoms. The van der Waals surface area contributed by atoms with Crippen LogP contribution in [-0.2, 0) is 4.79 Å². The first-order chi connectivity index (χ1) is 21.4. The standard InChI is InChI=1S/C31H31F2N7O4.2ClH/c1-2-39-15-11-19(12-16-39)18-43-29-27-26(10-13-34-28(27)37-38-29)44-25-8-7-22(17-24(25)33)36-31(42)40-30(41)23(9-14-35-40)20-3-5-21(32)6-4-20;;/h3-10,13-14,17,19,23,35H,2,11-12,15-16,18H2,1H3,(H,36,42)(H,34,37,38);2*1H. The average Bonchev–Trinajstić information content (AvgIpc) is 3.46. The smallest absolute Gasteiger partial charge is 0.347 e. The van der Waals surface area contributed by atoms with Crippen molar-refractivity contribution in [3.8, 4) is 17.4 Å². The summed E-state index contributed by atoms with van der Waals surface area (Å²) < 4.78 is 40.5. The molecule has 2 aromatic carbocycles. The number of nitrogens with zero attached hydrogens (tertiary/aromatic N) is 4. The number of carbonyl (C=O) groups excluding carboxylic acids is 2. The van der Waals surface area contributed by atoms with E-state index in [0.29, 0.717) is 40.8 Å². The first-order valence-electron chi connectivity index (χ1n) is 14.4. The van der Waals surface area contributed by atoms with E-state index in [2.05, 4.69) is 37.7 Å². The van der Waals surface area contributed by atoms with Gasteiger partial charge in [0, 0.05) is 30.2 Å². The number of anilines is 1. The SMILES string of the molecule is CCN1CCC(COc2n[nH]c3nccc(Oc4ccc(NC(=O)N5NC=CC(c6ccc(F)cc6)C5=O)cc4F)c23)CC1.Cl.Cl. The van der Waals surface area contributed by atoms with Crippen molar-refractivity contribution in [3.63, 3.8) is 0 Å². The Morgan fingerprint density at radius 2 is 1.83 bits per heavy atom. The highest BCUT2D eigenvalue weighted by molar-refractivity contribution is 6.04. The number of benzene rings is 2. The summed E-state index contributed by atoms with van der Waals surface area (Å²) in [7, 11) is 0. The lowest BCUT2D eigenvalue weighted by molar-refractivity contribution is -0.131. The van der Waals surface area contributed by atoms with Gasteiger partial charge in [-0.05, 0) is 74.3 Å². The van der Waals surface area contributed by atoms with Crippen LogP contribution in [0.3, 0.4) is 0 Å². The number of hydrazine groups is 1. The number of ether oxygens (including phenoxy) is 2. The molecule has 3 amide bonds. The highest BCUT2D eigenvalue weighted by Crippen LogP contribution is 2.36. The van der Waals surface area contributed by atoms with Gasteiger partial charge in [-0.15, -0.1) is 29.9 Å². The first-order valence-corrected chi connectivity index (χ1v) is 14.4. The van der Waals surface area contributed by atoms with Crippen molar-refractivity contribution in [1.29, 1.82) is 0 Å². The van der Waals surface area contributed by atoms with E-state index in [9.17, 15) is 14.0 Å². The molecule has 2 aliphatic rings. The number of H-pyrrole nitrogens is 1. The lowest BCUT2D eigenvalue weighted by Crippen LogP contribution is -2.50. The third-order valence-corrected chi connectivity index (χ3v) is 7.81. The second-order valence-electron chi connectivity index (χ2n) is 10.6. The summed E-state index contributed by atoms with van der Waals surface area (Å²) in [5, 5.41) is 10.9. The van der Waals surface area contributed by atoms with E-state index in [0.717, 1.165) is 43.6 Å². The average molecular weight is 677 g/mol. The van der Waals surface area contributed by atoms with Crippen LogP contribution in [0.4, 0.5) is 19.3 Å². The third kappa shape index (κ3) is 7.49. The van der Waals surface area contributed by atoms with Crippen LogP contribution in [0.1, 0.15) is 31.2 Å². The van der Waals surface area contributed by atoms with E-state index >= 15 is 4.39 Å². The molecule has 1 fully saturated rings. The van der Waals surface area contributed by atoms with Crippen molar-refractivity contribution in [3.05, 3.63) is 84.2 Å². The summed E-state index contributed by atoms with van der Waals surface area (Å²) in [6.07, 6.45) is 6.60. The summed E-state index contributed by atoms with van der Waals surface area (Å²) in [6, 6.07) is 10.1. The molecule has 2 aromatic heterocycles. The van der Waals surface area contributed by atoms with Crippen molar-refractivity contribution in [1.82, 2.24) is 30.5 Å². The van der Waals surface area contributed by atoms with Crippen LogP contribution < -0.4 is 20.2 Å². The number of aromatic amines is 1. The number of carbonyl (C=O) groups is 2. The number of amides is 3. The number of urea groups is 1. The number of aromatic nitrogens is 3. The van der Waals surface area contributed by atoms with Gasteiger partial charge in [0.25, 0.3) is 5.91 Å². The van der Waals surface area contributed by atoms with Gasteiger partial charge >= 0.3 is 6.03 Å².